The highest BCUT2D eigenvalue weighted by Gasteiger charge is 2.27. The lowest BCUT2D eigenvalue weighted by atomic mass is 10.1. The Morgan fingerprint density at radius 2 is 1.95 bits per heavy atom. The van der Waals surface area contributed by atoms with Gasteiger partial charge in [0.25, 0.3) is 0 Å². The average Bonchev–Trinajstić information content (AvgIpc) is 2.69. The summed E-state index contributed by atoms with van der Waals surface area (Å²) in [6.07, 6.45) is 0.788. The molecule has 0 bridgehead atoms. The second-order valence-electron chi connectivity index (χ2n) is 5.66. The molecule has 1 aliphatic rings. The van der Waals surface area contributed by atoms with Crippen molar-refractivity contribution in [1.29, 1.82) is 0 Å². The van der Waals surface area contributed by atoms with Crippen molar-refractivity contribution in [3.05, 3.63) is 28.8 Å². The van der Waals surface area contributed by atoms with E-state index in [0.29, 0.717) is 11.5 Å². The molecule has 2 rings (SSSR count). The number of nitrogens with one attached hydrogen (secondary N) is 1. The van der Waals surface area contributed by atoms with Gasteiger partial charge in [0, 0.05) is 6.54 Å². The first-order valence-electron chi connectivity index (χ1n) is 6.96. The van der Waals surface area contributed by atoms with Crippen LogP contribution in [0, 0.1) is 19.8 Å². The van der Waals surface area contributed by atoms with Crippen molar-refractivity contribution in [3.8, 4) is 5.75 Å². The fraction of sp³-hybridized carbons (Fsp3) is 0.600. The van der Waals surface area contributed by atoms with Crippen molar-refractivity contribution in [3.63, 3.8) is 0 Å². The molecule has 1 N–H and O–H groups in total. The van der Waals surface area contributed by atoms with Crippen molar-refractivity contribution >= 4 is 9.84 Å². The molecule has 1 aromatic rings. The van der Waals surface area contributed by atoms with E-state index in [9.17, 15) is 8.42 Å². The molecule has 1 aromatic carbocycles. The predicted octanol–water partition coefficient (Wildman–Crippen LogP) is 1.84. The van der Waals surface area contributed by atoms with Crippen molar-refractivity contribution in [2.45, 2.75) is 26.8 Å². The Hall–Kier alpha value is -1.07. The zero-order chi connectivity index (χ0) is 14.8. The number of aryl methyl sites for hydroxylation is 2. The molecule has 1 saturated heterocycles. The standard InChI is InChI=1S/C15H23NO3S/c1-11-6-14(7-12(2)15(11)19-3)9-16-8-13-4-5-20(17,18)10-13/h6-7,13,16H,4-5,8-10H2,1-3H3. The average molecular weight is 297 g/mol. The molecular weight excluding hydrogens is 274 g/mol. The van der Waals surface area contributed by atoms with Crippen LogP contribution in [0.2, 0.25) is 0 Å². The first-order chi connectivity index (χ1) is 9.41. The fourth-order valence-electron chi connectivity index (χ4n) is 2.92. The van der Waals surface area contributed by atoms with Crippen LogP contribution >= 0.6 is 0 Å². The lowest BCUT2D eigenvalue weighted by Crippen LogP contribution is -2.23. The maximum atomic E-state index is 11.4. The van der Waals surface area contributed by atoms with Crippen molar-refractivity contribution in [2.24, 2.45) is 5.92 Å². The van der Waals surface area contributed by atoms with Gasteiger partial charge < -0.3 is 10.1 Å². The highest BCUT2D eigenvalue weighted by atomic mass is 32.2. The number of sulfone groups is 1. The molecule has 1 atom stereocenters. The van der Waals surface area contributed by atoms with Gasteiger partial charge in [-0.2, -0.15) is 0 Å². The van der Waals surface area contributed by atoms with E-state index in [2.05, 4.69) is 17.4 Å². The van der Waals surface area contributed by atoms with Crippen LogP contribution in [0.3, 0.4) is 0 Å². The normalized spacial score (nSPS) is 21.1. The predicted molar refractivity (Wildman–Crippen MR) is 80.9 cm³/mol. The monoisotopic (exact) mass is 297 g/mol. The van der Waals surface area contributed by atoms with Gasteiger partial charge in [-0.3, -0.25) is 0 Å². The Morgan fingerprint density at radius 3 is 2.45 bits per heavy atom. The lowest BCUT2D eigenvalue weighted by molar-refractivity contribution is 0.408. The zero-order valence-corrected chi connectivity index (χ0v) is 13.2. The van der Waals surface area contributed by atoms with E-state index >= 15 is 0 Å². The van der Waals surface area contributed by atoms with Gasteiger partial charge >= 0.3 is 0 Å². The van der Waals surface area contributed by atoms with Crippen LogP contribution in [-0.4, -0.2) is 33.6 Å². The van der Waals surface area contributed by atoms with Gasteiger partial charge in [-0.05, 0) is 49.4 Å². The Balaban J connectivity index is 1.89. The molecule has 1 heterocycles. The highest BCUT2D eigenvalue weighted by molar-refractivity contribution is 7.91. The van der Waals surface area contributed by atoms with E-state index in [-0.39, 0.29) is 5.92 Å². The molecule has 5 heteroatoms. The van der Waals surface area contributed by atoms with Crippen LogP contribution in [0.15, 0.2) is 12.1 Å². The summed E-state index contributed by atoms with van der Waals surface area (Å²) >= 11 is 0. The van der Waals surface area contributed by atoms with Crippen LogP contribution < -0.4 is 10.1 Å². The van der Waals surface area contributed by atoms with Crippen LogP contribution in [0.5, 0.6) is 5.75 Å². The number of benzene rings is 1. The quantitative estimate of drug-likeness (QED) is 0.901. The smallest absolute Gasteiger partial charge is 0.150 e. The molecule has 4 nitrogen and oxygen atoms in total. The van der Waals surface area contributed by atoms with Gasteiger partial charge in [0.2, 0.25) is 0 Å². The van der Waals surface area contributed by atoms with Gasteiger partial charge in [0.05, 0.1) is 18.6 Å². The van der Waals surface area contributed by atoms with E-state index < -0.39 is 9.84 Å². The molecule has 0 aliphatic carbocycles. The maximum Gasteiger partial charge on any atom is 0.150 e. The molecule has 0 saturated carbocycles. The van der Waals surface area contributed by atoms with E-state index in [1.54, 1.807) is 7.11 Å². The minimum absolute atomic E-state index is 0.264. The third-order valence-electron chi connectivity index (χ3n) is 3.81. The SMILES string of the molecule is COc1c(C)cc(CNCC2CCS(=O)(=O)C2)cc1C. The van der Waals surface area contributed by atoms with Crippen LogP contribution in [0.1, 0.15) is 23.1 Å². The summed E-state index contributed by atoms with van der Waals surface area (Å²) in [5, 5.41) is 3.37. The van der Waals surface area contributed by atoms with Gasteiger partial charge in [-0.15, -0.1) is 0 Å². The molecular formula is C15H23NO3S. The molecule has 0 spiro atoms. The van der Waals surface area contributed by atoms with Crippen molar-refractivity contribution in [2.75, 3.05) is 25.2 Å². The zero-order valence-electron chi connectivity index (χ0n) is 12.4. The second kappa shape index (κ2) is 6.14. The van der Waals surface area contributed by atoms with Gasteiger partial charge in [-0.1, -0.05) is 12.1 Å². The fourth-order valence-corrected chi connectivity index (χ4v) is 4.78. The molecule has 0 radical (unpaired) electrons. The highest BCUT2D eigenvalue weighted by Crippen LogP contribution is 2.24. The van der Waals surface area contributed by atoms with Crippen LogP contribution in [0.4, 0.5) is 0 Å². The summed E-state index contributed by atoms with van der Waals surface area (Å²) in [7, 11) is -1.08. The van der Waals surface area contributed by atoms with Crippen LogP contribution in [-0.2, 0) is 16.4 Å². The minimum Gasteiger partial charge on any atom is -0.496 e. The lowest BCUT2D eigenvalue weighted by Gasteiger charge is -2.13. The number of hydrogen-bond acceptors (Lipinski definition) is 4. The first-order valence-corrected chi connectivity index (χ1v) is 8.78. The number of methoxy groups -OCH3 is 1. The van der Waals surface area contributed by atoms with E-state index in [0.717, 1.165) is 36.4 Å². The number of ether oxygens (including phenoxy) is 1. The summed E-state index contributed by atoms with van der Waals surface area (Å²) in [6.45, 7) is 5.61. The molecule has 20 heavy (non-hydrogen) atoms. The largest absolute Gasteiger partial charge is 0.496 e. The molecule has 0 aromatic heterocycles. The van der Waals surface area contributed by atoms with Crippen LogP contribution in [0.25, 0.3) is 0 Å². The Labute approximate surface area is 121 Å². The van der Waals surface area contributed by atoms with E-state index in [1.165, 1.54) is 5.56 Å². The minimum atomic E-state index is -2.77. The Morgan fingerprint density at radius 1 is 1.30 bits per heavy atom. The first kappa shape index (κ1) is 15.3. The Bertz CT molecular complexity index is 558. The third-order valence-corrected chi connectivity index (χ3v) is 5.65. The summed E-state index contributed by atoms with van der Waals surface area (Å²) < 4.78 is 28.1. The van der Waals surface area contributed by atoms with Gasteiger partial charge in [0.1, 0.15) is 5.75 Å². The van der Waals surface area contributed by atoms with Crippen molar-refractivity contribution in [1.82, 2.24) is 5.32 Å². The Kier molecular flexibility index (Phi) is 4.70. The second-order valence-corrected chi connectivity index (χ2v) is 7.89. The summed E-state index contributed by atoms with van der Waals surface area (Å²) in [5.41, 5.74) is 3.47. The topological polar surface area (TPSA) is 55.4 Å². The summed E-state index contributed by atoms with van der Waals surface area (Å²) in [4.78, 5) is 0. The molecule has 1 aliphatic heterocycles. The van der Waals surface area contributed by atoms with E-state index in [4.69, 9.17) is 4.74 Å². The summed E-state index contributed by atoms with van der Waals surface area (Å²) in [5.74, 6) is 1.89. The van der Waals surface area contributed by atoms with Crippen molar-refractivity contribution < 1.29 is 13.2 Å². The molecule has 0 amide bonds. The molecule has 1 unspecified atom stereocenters. The van der Waals surface area contributed by atoms with Gasteiger partial charge in [-0.25, -0.2) is 8.42 Å². The van der Waals surface area contributed by atoms with Gasteiger partial charge in [0.15, 0.2) is 9.84 Å². The number of hydrogen-bond donors (Lipinski definition) is 1. The molecule has 112 valence electrons. The van der Waals surface area contributed by atoms with E-state index in [1.807, 2.05) is 13.8 Å². The number of rotatable bonds is 5. The molecule has 1 fully saturated rings. The summed E-state index contributed by atoms with van der Waals surface area (Å²) in [6, 6.07) is 4.23. The third kappa shape index (κ3) is 3.73. The maximum absolute atomic E-state index is 11.4.